The van der Waals surface area contributed by atoms with Crippen LogP contribution in [0.15, 0.2) is 0 Å². The van der Waals surface area contributed by atoms with E-state index in [-0.39, 0.29) is 6.42 Å². The Morgan fingerprint density at radius 3 is 1.82 bits per heavy atom. The second-order valence-electron chi connectivity index (χ2n) is 2.26. The number of alkyl halides is 5. The quantitative estimate of drug-likeness (QED) is 0.580. The monoisotopic (exact) mass is 176 g/mol. The molecule has 0 aliphatic carbocycles. The zero-order chi connectivity index (χ0) is 9.07. The molecule has 0 bridgehead atoms. The largest absolute Gasteiger partial charge is 0.392 e. The van der Waals surface area contributed by atoms with E-state index in [1.54, 1.807) is 0 Å². The molecule has 0 fully saturated rings. The molecule has 0 saturated carbocycles. The minimum absolute atomic E-state index is 0.225. The Kier molecular flexibility index (Phi) is 3.75. The molecule has 0 aromatic carbocycles. The molecule has 1 unspecified atom stereocenters. The topological polar surface area (TPSA) is 0 Å². The van der Waals surface area contributed by atoms with Crippen LogP contribution in [0.4, 0.5) is 22.0 Å². The highest BCUT2D eigenvalue weighted by molar-refractivity contribution is 4.69. The van der Waals surface area contributed by atoms with Crippen LogP contribution in [0, 0.1) is 0 Å². The maximum atomic E-state index is 12.2. The average molecular weight is 176 g/mol. The molecule has 0 heterocycles. The molecule has 0 saturated heterocycles. The van der Waals surface area contributed by atoms with Crippen molar-refractivity contribution in [1.82, 2.24) is 0 Å². The first kappa shape index (κ1) is 10.7. The van der Waals surface area contributed by atoms with E-state index >= 15 is 0 Å². The Hall–Kier alpha value is -0.350. The van der Waals surface area contributed by atoms with Crippen LogP contribution < -0.4 is 0 Å². The lowest BCUT2D eigenvalue weighted by atomic mass is 10.1. The van der Waals surface area contributed by atoms with E-state index in [2.05, 4.69) is 0 Å². The van der Waals surface area contributed by atoms with Crippen LogP contribution in [0.25, 0.3) is 0 Å². The van der Waals surface area contributed by atoms with Crippen molar-refractivity contribution in [2.45, 2.75) is 38.3 Å². The number of rotatable bonds is 3. The van der Waals surface area contributed by atoms with Crippen molar-refractivity contribution in [3.05, 3.63) is 0 Å². The van der Waals surface area contributed by atoms with Gasteiger partial charge >= 0.3 is 6.18 Å². The smallest absolute Gasteiger partial charge is 0.244 e. The lowest BCUT2D eigenvalue weighted by molar-refractivity contribution is -0.151. The fourth-order valence-electron chi connectivity index (χ4n) is 0.605. The molecule has 0 aromatic heterocycles. The zero-order valence-electron chi connectivity index (χ0n) is 5.96. The van der Waals surface area contributed by atoms with E-state index in [0.717, 1.165) is 0 Å². The van der Waals surface area contributed by atoms with E-state index in [1.807, 2.05) is 0 Å². The normalized spacial score (nSPS) is 18.0. The summed E-state index contributed by atoms with van der Waals surface area (Å²) in [7, 11) is 0. The fourth-order valence-corrected chi connectivity index (χ4v) is 0.605. The highest BCUT2D eigenvalue weighted by Crippen LogP contribution is 2.26. The molecule has 0 N–H and O–H groups in total. The van der Waals surface area contributed by atoms with Crippen LogP contribution in [0.3, 0.4) is 0 Å². The van der Waals surface area contributed by atoms with Gasteiger partial charge in [0, 0.05) is 0 Å². The molecule has 0 aliphatic rings. The van der Waals surface area contributed by atoms with Gasteiger partial charge in [-0.2, -0.15) is 13.2 Å². The van der Waals surface area contributed by atoms with Crippen molar-refractivity contribution >= 4 is 0 Å². The maximum Gasteiger partial charge on any atom is 0.392 e. The van der Waals surface area contributed by atoms with Gasteiger partial charge in [-0.3, -0.25) is 0 Å². The van der Waals surface area contributed by atoms with E-state index < -0.39 is 24.9 Å². The third-order valence-electron chi connectivity index (χ3n) is 1.21. The molecule has 0 nitrogen and oxygen atoms in total. The van der Waals surface area contributed by atoms with Crippen molar-refractivity contribution in [1.29, 1.82) is 0 Å². The summed E-state index contributed by atoms with van der Waals surface area (Å²) in [6.45, 7) is 1.30. The molecule has 11 heavy (non-hydrogen) atoms. The number of halogens is 5. The summed E-state index contributed by atoms with van der Waals surface area (Å²) in [5.41, 5.74) is 0. The van der Waals surface area contributed by atoms with Gasteiger partial charge in [-0.05, 0) is 6.42 Å². The maximum absolute atomic E-state index is 12.2. The van der Waals surface area contributed by atoms with Crippen LogP contribution in [0.5, 0.6) is 0 Å². The molecule has 0 rings (SSSR count). The fraction of sp³-hybridized carbons (Fsp3) is 1.00. The minimum Gasteiger partial charge on any atom is -0.244 e. The van der Waals surface area contributed by atoms with Gasteiger partial charge in [0.25, 0.3) is 0 Å². The molecule has 5 heteroatoms. The molecule has 0 aromatic rings. The molecule has 2 atom stereocenters. The third kappa shape index (κ3) is 4.98. The molecular weight excluding hydrogens is 167 g/mol. The van der Waals surface area contributed by atoms with Gasteiger partial charge in [-0.25, -0.2) is 8.78 Å². The average Bonchev–Trinajstić information content (AvgIpc) is 1.82. The second-order valence-corrected chi connectivity index (χ2v) is 2.26. The standard InChI is InChI=1S/C6H9F5/c1-2-4(7)5(8)3-6(9,10)11/h4-5H,2-3H2,1H3/t4?,5-/m0/s1. The predicted octanol–water partition coefficient (Wildman–Crippen LogP) is 3.03. The number of hydrogen-bond acceptors (Lipinski definition) is 0. The Labute approximate surface area is 61.4 Å². The molecule has 0 amide bonds. The Balaban J connectivity index is 3.77. The van der Waals surface area contributed by atoms with Crippen molar-refractivity contribution in [2.24, 2.45) is 0 Å². The molecule has 0 spiro atoms. The van der Waals surface area contributed by atoms with E-state index in [1.165, 1.54) is 6.92 Å². The minimum atomic E-state index is -4.61. The van der Waals surface area contributed by atoms with E-state index in [0.29, 0.717) is 0 Å². The molecule has 68 valence electrons. The Morgan fingerprint density at radius 2 is 1.55 bits per heavy atom. The van der Waals surface area contributed by atoms with Crippen LogP contribution in [0.1, 0.15) is 19.8 Å². The van der Waals surface area contributed by atoms with Crippen LogP contribution >= 0.6 is 0 Å². The van der Waals surface area contributed by atoms with Gasteiger partial charge in [-0.1, -0.05) is 6.92 Å². The van der Waals surface area contributed by atoms with Crippen LogP contribution in [-0.4, -0.2) is 18.5 Å². The molecular formula is C6H9F5. The summed E-state index contributed by atoms with van der Waals surface area (Å²) in [5.74, 6) is 0. The summed E-state index contributed by atoms with van der Waals surface area (Å²) in [5, 5.41) is 0. The highest BCUT2D eigenvalue weighted by atomic mass is 19.4. The summed E-state index contributed by atoms with van der Waals surface area (Å²) in [6, 6.07) is 0. The van der Waals surface area contributed by atoms with E-state index in [4.69, 9.17) is 0 Å². The first-order valence-electron chi connectivity index (χ1n) is 3.21. The van der Waals surface area contributed by atoms with Gasteiger partial charge in [-0.15, -0.1) is 0 Å². The van der Waals surface area contributed by atoms with Gasteiger partial charge in [0.15, 0.2) is 0 Å². The second kappa shape index (κ2) is 3.88. The van der Waals surface area contributed by atoms with Gasteiger partial charge in [0.2, 0.25) is 0 Å². The Bertz CT molecular complexity index is 108. The summed E-state index contributed by atoms with van der Waals surface area (Å²) < 4.78 is 58.6. The summed E-state index contributed by atoms with van der Waals surface area (Å²) >= 11 is 0. The van der Waals surface area contributed by atoms with Crippen molar-refractivity contribution in [2.75, 3.05) is 0 Å². The van der Waals surface area contributed by atoms with Crippen molar-refractivity contribution < 1.29 is 22.0 Å². The first-order chi connectivity index (χ1) is 4.87. The lowest BCUT2D eigenvalue weighted by Gasteiger charge is -2.13. The molecule has 0 aliphatic heterocycles. The van der Waals surface area contributed by atoms with Crippen LogP contribution in [-0.2, 0) is 0 Å². The summed E-state index contributed by atoms with van der Waals surface area (Å²) in [4.78, 5) is 0. The predicted molar refractivity (Wildman–Crippen MR) is 30.8 cm³/mol. The first-order valence-corrected chi connectivity index (χ1v) is 3.21. The zero-order valence-corrected chi connectivity index (χ0v) is 5.96. The number of hydrogen-bond donors (Lipinski definition) is 0. The van der Waals surface area contributed by atoms with Gasteiger partial charge in [0.05, 0.1) is 6.42 Å². The SMILES string of the molecule is CCC(F)[C@@H](F)CC(F)(F)F. The van der Waals surface area contributed by atoms with Gasteiger partial charge in [0.1, 0.15) is 12.3 Å². The lowest BCUT2D eigenvalue weighted by Crippen LogP contribution is -2.24. The van der Waals surface area contributed by atoms with Crippen molar-refractivity contribution in [3.63, 3.8) is 0 Å². The summed E-state index contributed by atoms with van der Waals surface area (Å²) in [6.07, 6.45) is -10.9. The van der Waals surface area contributed by atoms with E-state index in [9.17, 15) is 22.0 Å². The van der Waals surface area contributed by atoms with Crippen molar-refractivity contribution in [3.8, 4) is 0 Å². The molecule has 0 radical (unpaired) electrons. The van der Waals surface area contributed by atoms with Crippen LogP contribution in [0.2, 0.25) is 0 Å². The van der Waals surface area contributed by atoms with Gasteiger partial charge < -0.3 is 0 Å². The Morgan fingerprint density at radius 1 is 1.09 bits per heavy atom. The third-order valence-corrected chi connectivity index (χ3v) is 1.21. The highest BCUT2D eigenvalue weighted by Gasteiger charge is 2.35.